The van der Waals surface area contributed by atoms with Gasteiger partial charge in [0.25, 0.3) is 0 Å². The Kier molecular flexibility index (Phi) is 7.88. The van der Waals surface area contributed by atoms with Crippen molar-refractivity contribution in [1.82, 2.24) is 0 Å². The van der Waals surface area contributed by atoms with Crippen molar-refractivity contribution in [1.29, 1.82) is 0 Å². The van der Waals surface area contributed by atoms with Crippen molar-refractivity contribution in [3.63, 3.8) is 0 Å². The van der Waals surface area contributed by atoms with Crippen LogP contribution in [0.4, 0.5) is 18.9 Å². The van der Waals surface area contributed by atoms with Crippen molar-refractivity contribution in [3.05, 3.63) is 23.8 Å². The molecular weight excluding hydrogens is 309 g/mol. The first-order valence-corrected chi connectivity index (χ1v) is 7.72. The van der Waals surface area contributed by atoms with Gasteiger partial charge in [-0.1, -0.05) is 12.8 Å². The summed E-state index contributed by atoms with van der Waals surface area (Å²) in [7, 11) is 0. The van der Waals surface area contributed by atoms with Gasteiger partial charge < -0.3 is 15.8 Å². The molecule has 0 saturated heterocycles. The summed E-state index contributed by atoms with van der Waals surface area (Å²) in [6, 6.07) is 3.06. The van der Waals surface area contributed by atoms with Crippen LogP contribution in [0.5, 0.6) is 5.75 Å². The molecule has 1 amide bonds. The van der Waals surface area contributed by atoms with E-state index in [1.807, 2.05) is 0 Å². The molecule has 0 fully saturated rings. The molecule has 0 unspecified atom stereocenters. The molecule has 0 aromatic heterocycles. The van der Waals surface area contributed by atoms with Crippen molar-refractivity contribution in [3.8, 4) is 5.75 Å². The molecule has 0 aliphatic carbocycles. The largest absolute Gasteiger partial charge is 0.492 e. The minimum atomic E-state index is -4.47. The summed E-state index contributed by atoms with van der Waals surface area (Å²) < 4.78 is 43.6. The zero-order chi connectivity index (χ0) is 17.3. The number of unbranched alkanes of at least 4 members (excludes halogenated alkanes) is 3. The van der Waals surface area contributed by atoms with Crippen LogP contribution in [0.15, 0.2) is 18.2 Å². The van der Waals surface area contributed by atoms with Gasteiger partial charge in [0.15, 0.2) is 0 Å². The summed E-state index contributed by atoms with van der Waals surface area (Å²) in [5.41, 5.74) is 4.61. The van der Waals surface area contributed by atoms with Gasteiger partial charge in [0.2, 0.25) is 5.91 Å². The lowest BCUT2D eigenvalue weighted by atomic mass is 10.1. The zero-order valence-corrected chi connectivity index (χ0v) is 13.2. The van der Waals surface area contributed by atoms with Crippen molar-refractivity contribution >= 4 is 11.6 Å². The highest BCUT2D eigenvalue weighted by Gasteiger charge is 2.31. The lowest BCUT2D eigenvalue weighted by Crippen LogP contribution is -2.14. The molecule has 3 N–H and O–H groups in total. The Labute approximate surface area is 134 Å². The van der Waals surface area contributed by atoms with Crippen molar-refractivity contribution < 1.29 is 22.7 Å². The molecular formula is C16H23F3N2O2. The van der Waals surface area contributed by atoms with Gasteiger partial charge in [0, 0.05) is 6.42 Å². The molecule has 0 saturated carbocycles. The Bertz CT molecular complexity index is 505. The molecule has 0 aliphatic rings. The Morgan fingerprint density at radius 2 is 1.91 bits per heavy atom. The SMILES string of the molecule is CCOc1ccc(C(F)(F)F)cc1NC(=O)CCCCCCN. The van der Waals surface area contributed by atoms with Crippen LogP contribution >= 0.6 is 0 Å². The Balaban J connectivity index is 2.70. The third kappa shape index (κ3) is 6.90. The number of rotatable bonds is 9. The highest BCUT2D eigenvalue weighted by Crippen LogP contribution is 2.35. The summed E-state index contributed by atoms with van der Waals surface area (Å²) in [6.07, 6.45) is -0.819. The quantitative estimate of drug-likeness (QED) is 0.673. The van der Waals surface area contributed by atoms with Gasteiger partial charge in [-0.15, -0.1) is 0 Å². The van der Waals surface area contributed by atoms with Crippen LogP contribution < -0.4 is 15.8 Å². The molecule has 0 spiro atoms. The number of nitrogens with two attached hydrogens (primary N) is 1. The predicted molar refractivity (Wildman–Crippen MR) is 83.4 cm³/mol. The average Bonchev–Trinajstić information content (AvgIpc) is 2.48. The Morgan fingerprint density at radius 3 is 2.52 bits per heavy atom. The highest BCUT2D eigenvalue weighted by atomic mass is 19.4. The molecule has 0 atom stereocenters. The summed E-state index contributed by atoms with van der Waals surface area (Å²) in [5.74, 6) is -0.0880. The molecule has 4 nitrogen and oxygen atoms in total. The maximum absolute atomic E-state index is 12.8. The van der Waals surface area contributed by atoms with Gasteiger partial charge in [-0.25, -0.2) is 0 Å². The van der Waals surface area contributed by atoms with Crippen molar-refractivity contribution in [2.45, 2.75) is 45.2 Å². The van der Waals surface area contributed by atoms with Crippen molar-refractivity contribution in [2.75, 3.05) is 18.5 Å². The second kappa shape index (κ2) is 9.39. The second-order valence-electron chi connectivity index (χ2n) is 5.14. The van der Waals surface area contributed by atoms with Crippen LogP contribution in [0.25, 0.3) is 0 Å². The number of carbonyl (C=O) groups excluding carboxylic acids is 1. The van der Waals surface area contributed by atoms with Gasteiger partial charge in [0.05, 0.1) is 17.9 Å². The first kappa shape index (κ1) is 19.3. The van der Waals surface area contributed by atoms with E-state index in [0.717, 1.165) is 31.4 Å². The smallest absolute Gasteiger partial charge is 0.416 e. The molecule has 1 rings (SSSR count). The van der Waals surface area contributed by atoms with E-state index in [-0.39, 0.29) is 23.8 Å². The number of benzene rings is 1. The third-order valence-electron chi connectivity index (χ3n) is 3.24. The monoisotopic (exact) mass is 332 g/mol. The number of halogens is 3. The van der Waals surface area contributed by atoms with Gasteiger partial charge in [-0.3, -0.25) is 4.79 Å². The number of carbonyl (C=O) groups is 1. The number of hydrogen-bond donors (Lipinski definition) is 2. The van der Waals surface area contributed by atoms with Crippen LogP contribution in [0, 0.1) is 0 Å². The summed E-state index contributed by atoms with van der Waals surface area (Å²) in [5, 5.41) is 2.51. The maximum Gasteiger partial charge on any atom is 0.416 e. The normalized spacial score (nSPS) is 11.3. The Morgan fingerprint density at radius 1 is 1.22 bits per heavy atom. The molecule has 0 aliphatic heterocycles. The fraction of sp³-hybridized carbons (Fsp3) is 0.562. The van der Waals surface area contributed by atoms with Gasteiger partial charge in [-0.2, -0.15) is 13.2 Å². The maximum atomic E-state index is 12.8. The number of nitrogens with one attached hydrogen (secondary N) is 1. The van der Waals surface area contributed by atoms with E-state index in [9.17, 15) is 18.0 Å². The average molecular weight is 332 g/mol. The van der Waals surface area contributed by atoms with E-state index in [1.165, 1.54) is 6.07 Å². The predicted octanol–water partition coefficient (Wildman–Crippen LogP) is 3.95. The molecule has 1 aromatic rings. The number of hydrogen-bond acceptors (Lipinski definition) is 3. The zero-order valence-electron chi connectivity index (χ0n) is 13.2. The van der Waals surface area contributed by atoms with Crippen LogP contribution in [0.3, 0.4) is 0 Å². The fourth-order valence-electron chi connectivity index (χ4n) is 2.08. The van der Waals surface area contributed by atoms with Gasteiger partial charge in [-0.05, 0) is 44.5 Å². The first-order valence-electron chi connectivity index (χ1n) is 7.72. The molecule has 0 heterocycles. The molecule has 130 valence electrons. The Hall–Kier alpha value is -1.76. The van der Waals surface area contributed by atoms with Crippen LogP contribution in [-0.4, -0.2) is 19.1 Å². The highest BCUT2D eigenvalue weighted by molar-refractivity contribution is 5.92. The fourth-order valence-corrected chi connectivity index (χ4v) is 2.08. The lowest BCUT2D eigenvalue weighted by molar-refractivity contribution is -0.137. The molecule has 0 radical (unpaired) electrons. The first-order chi connectivity index (χ1) is 10.9. The van der Waals surface area contributed by atoms with E-state index < -0.39 is 11.7 Å². The van der Waals surface area contributed by atoms with Crippen LogP contribution in [-0.2, 0) is 11.0 Å². The summed E-state index contributed by atoms with van der Waals surface area (Å²) in [6.45, 7) is 2.64. The molecule has 7 heteroatoms. The number of anilines is 1. The summed E-state index contributed by atoms with van der Waals surface area (Å²) >= 11 is 0. The van der Waals surface area contributed by atoms with E-state index >= 15 is 0 Å². The molecule has 0 bridgehead atoms. The second-order valence-corrected chi connectivity index (χ2v) is 5.14. The number of alkyl halides is 3. The van der Waals surface area contributed by atoms with Crippen LogP contribution in [0.1, 0.15) is 44.6 Å². The van der Waals surface area contributed by atoms with E-state index in [0.29, 0.717) is 19.6 Å². The third-order valence-corrected chi connectivity index (χ3v) is 3.24. The van der Waals surface area contributed by atoms with E-state index in [2.05, 4.69) is 5.32 Å². The van der Waals surface area contributed by atoms with Crippen LogP contribution in [0.2, 0.25) is 0 Å². The van der Waals surface area contributed by atoms with E-state index in [4.69, 9.17) is 10.5 Å². The van der Waals surface area contributed by atoms with E-state index in [1.54, 1.807) is 6.92 Å². The topological polar surface area (TPSA) is 64.3 Å². The molecule has 1 aromatic carbocycles. The number of ether oxygens (including phenoxy) is 1. The standard InChI is InChI=1S/C16H23F3N2O2/c1-2-23-14-9-8-12(16(17,18)19)11-13(14)21-15(22)7-5-3-4-6-10-20/h8-9,11H,2-7,10,20H2,1H3,(H,21,22). The van der Waals surface area contributed by atoms with Gasteiger partial charge in [0.1, 0.15) is 5.75 Å². The minimum absolute atomic E-state index is 0.0497. The van der Waals surface area contributed by atoms with Crippen molar-refractivity contribution in [2.24, 2.45) is 5.73 Å². The summed E-state index contributed by atoms with van der Waals surface area (Å²) in [4.78, 5) is 11.9. The lowest BCUT2D eigenvalue weighted by Gasteiger charge is -2.14. The molecule has 23 heavy (non-hydrogen) atoms. The number of amides is 1. The van der Waals surface area contributed by atoms with Gasteiger partial charge >= 0.3 is 6.18 Å². The minimum Gasteiger partial charge on any atom is -0.492 e.